The molecule has 2 nitrogen and oxygen atoms in total. The van der Waals surface area contributed by atoms with Crippen molar-refractivity contribution in [2.75, 3.05) is 18.5 Å². The molecule has 2 aromatic carbocycles. The van der Waals surface area contributed by atoms with E-state index in [0.717, 1.165) is 24.3 Å². The van der Waals surface area contributed by atoms with Crippen LogP contribution in [0.2, 0.25) is 0 Å². The van der Waals surface area contributed by atoms with Gasteiger partial charge in [0.2, 0.25) is 0 Å². The van der Waals surface area contributed by atoms with Crippen molar-refractivity contribution >= 4 is 5.69 Å². The van der Waals surface area contributed by atoms with E-state index in [1.54, 1.807) is 6.07 Å². The monoisotopic (exact) mass is 272 g/mol. The van der Waals surface area contributed by atoms with Gasteiger partial charge in [-0.2, -0.15) is 0 Å². The fourth-order valence-electron chi connectivity index (χ4n) is 2.27. The molecule has 0 radical (unpaired) electrons. The molecule has 0 aromatic heterocycles. The molecule has 0 spiro atoms. The van der Waals surface area contributed by atoms with E-state index in [1.807, 2.05) is 38.2 Å². The summed E-state index contributed by atoms with van der Waals surface area (Å²) in [7, 11) is 2.00. The molecule has 2 aromatic rings. The summed E-state index contributed by atoms with van der Waals surface area (Å²) in [5, 5.41) is 3.20. The number of anilines is 1. The molecular weight excluding hydrogens is 251 g/mol. The second kappa shape index (κ2) is 7.06. The van der Waals surface area contributed by atoms with Gasteiger partial charge >= 0.3 is 0 Å². The van der Waals surface area contributed by atoms with Gasteiger partial charge in [0.05, 0.1) is 0 Å². The first-order valence-corrected chi connectivity index (χ1v) is 6.95. The maximum Gasteiger partial charge on any atom is 0.129 e. The van der Waals surface area contributed by atoms with Gasteiger partial charge in [-0.15, -0.1) is 0 Å². The van der Waals surface area contributed by atoms with Crippen LogP contribution in [0.3, 0.4) is 0 Å². The molecule has 0 bridgehead atoms. The lowest BCUT2D eigenvalue weighted by molar-refractivity contribution is 0.592. The first-order chi connectivity index (χ1) is 9.72. The Hall–Kier alpha value is -1.87. The normalized spacial score (nSPS) is 10.6. The second-order valence-corrected chi connectivity index (χ2v) is 4.86. The van der Waals surface area contributed by atoms with Crippen LogP contribution in [0.1, 0.15) is 18.1 Å². The lowest BCUT2D eigenvalue weighted by Gasteiger charge is -2.23. The summed E-state index contributed by atoms with van der Waals surface area (Å²) in [6.07, 6.45) is 0. The van der Waals surface area contributed by atoms with E-state index in [-0.39, 0.29) is 5.82 Å². The van der Waals surface area contributed by atoms with Gasteiger partial charge in [-0.3, -0.25) is 0 Å². The third-order valence-electron chi connectivity index (χ3n) is 3.32. The zero-order valence-corrected chi connectivity index (χ0v) is 12.1. The second-order valence-electron chi connectivity index (χ2n) is 4.86. The van der Waals surface area contributed by atoms with Crippen molar-refractivity contribution in [1.82, 2.24) is 5.32 Å². The minimum Gasteiger partial charge on any atom is -0.370 e. The smallest absolute Gasteiger partial charge is 0.129 e. The molecule has 0 saturated carbocycles. The van der Waals surface area contributed by atoms with Gasteiger partial charge < -0.3 is 10.2 Å². The number of nitrogens with zero attached hydrogens (tertiary/aromatic N) is 1. The van der Waals surface area contributed by atoms with Crippen LogP contribution in [0.5, 0.6) is 0 Å². The van der Waals surface area contributed by atoms with Crippen molar-refractivity contribution < 1.29 is 4.39 Å². The predicted octanol–water partition coefficient (Wildman–Crippen LogP) is 3.57. The minimum absolute atomic E-state index is 0.150. The minimum atomic E-state index is -0.150. The molecule has 0 aliphatic rings. The van der Waals surface area contributed by atoms with Crippen LogP contribution in [0.15, 0.2) is 48.5 Å². The number of nitrogens with one attached hydrogen (secondary N) is 1. The average Bonchev–Trinajstić information content (AvgIpc) is 2.47. The van der Waals surface area contributed by atoms with Gasteiger partial charge in [0.15, 0.2) is 0 Å². The topological polar surface area (TPSA) is 15.3 Å². The number of rotatable bonds is 6. The fraction of sp³-hybridized carbons (Fsp3) is 0.294. The molecule has 3 heteroatoms. The van der Waals surface area contributed by atoms with Gasteiger partial charge in [0.1, 0.15) is 5.82 Å². The van der Waals surface area contributed by atoms with E-state index in [9.17, 15) is 4.39 Å². The van der Waals surface area contributed by atoms with Crippen LogP contribution in [-0.4, -0.2) is 13.6 Å². The van der Waals surface area contributed by atoms with Crippen LogP contribution in [0.4, 0.5) is 10.1 Å². The van der Waals surface area contributed by atoms with Crippen LogP contribution in [0.25, 0.3) is 0 Å². The number of benzene rings is 2. The Balaban J connectivity index is 2.20. The first kappa shape index (κ1) is 14.5. The highest BCUT2D eigenvalue weighted by Gasteiger charge is 2.11. The highest BCUT2D eigenvalue weighted by molar-refractivity contribution is 5.54. The van der Waals surface area contributed by atoms with Crippen molar-refractivity contribution in [3.8, 4) is 0 Å². The van der Waals surface area contributed by atoms with Crippen molar-refractivity contribution in [1.29, 1.82) is 0 Å². The van der Waals surface area contributed by atoms with Crippen LogP contribution in [0, 0.1) is 5.82 Å². The molecule has 106 valence electrons. The Morgan fingerprint density at radius 2 is 1.80 bits per heavy atom. The molecule has 0 heterocycles. The summed E-state index contributed by atoms with van der Waals surface area (Å²) >= 11 is 0. The van der Waals surface area contributed by atoms with Gasteiger partial charge in [-0.05, 0) is 24.2 Å². The summed E-state index contributed by atoms with van der Waals surface area (Å²) in [5.41, 5.74) is 2.89. The van der Waals surface area contributed by atoms with Crippen LogP contribution >= 0.6 is 0 Å². The van der Waals surface area contributed by atoms with Crippen molar-refractivity contribution in [3.63, 3.8) is 0 Å². The van der Waals surface area contributed by atoms with E-state index in [4.69, 9.17) is 0 Å². The van der Waals surface area contributed by atoms with Gasteiger partial charge in [-0.1, -0.05) is 43.3 Å². The lowest BCUT2D eigenvalue weighted by Crippen LogP contribution is -2.21. The molecule has 0 saturated heterocycles. The summed E-state index contributed by atoms with van der Waals surface area (Å²) in [4.78, 5) is 2.09. The summed E-state index contributed by atoms with van der Waals surface area (Å²) in [6, 6.07) is 15.5. The van der Waals surface area contributed by atoms with Gasteiger partial charge in [0, 0.05) is 31.4 Å². The van der Waals surface area contributed by atoms with E-state index >= 15 is 0 Å². The maximum atomic E-state index is 14.0. The quantitative estimate of drug-likeness (QED) is 0.865. The van der Waals surface area contributed by atoms with E-state index in [1.165, 1.54) is 11.6 Å². The Morgan fingerprint density at radius 3 is 2.50 bits per heavy atom. The predicted molar refractivity (Wildman–Crippen MR) is 82.3 cm³/mol. The Morgan fingerprint density at radius 1 is 1.05 bits per heavy atom. The summed E-state index contributed by atoms with van der Waals surface area (Å²) in [6.45, 7) is 4.17. The van der Waals surface area contributed by atoms with Gasteiger partial charge in [0.25, 0.3) is 0 Å². The SMILES string of the molecule is CCNCc1c(F)cccc1N(C)Cc1ccccc1. The highest BCUT2D eigenvalue weighted by atomic mass is 19.1. The standard InChI is InChI=1S/C17H21FN2/c1-3-19-12-15-16(18)10-7-11-17(15)20(2)13-14-8-5-4-6-9-14/h4-11,19H,3,12-13H2,1-2H3. The lowest BCUT2D eigenvalue weighted by atomic mass is 10.1. The molecule has 20 heavy (non-hydrogen) atoms. The Kier molecular flexibility index (Phi) is 5.13. The summed E-state index contributed by atoms with van der Waals surface area (Å²) < 4.78 is 14.0. The molecule has 2 rings (SSSR count). The third-order valence-corrected chi connectivity index (χ3v) is 3.32. The molecule has 0 unspecified atom stereocenters. The Labute approximate surface area is 120 Å². The summed E-state index contributed by atoms with van der Waals surface area (Å²) in [5.74, 6) is -0.150. The number of hydrogen-bond acceptors (Lipinski definition) is 2. The van der Waals surface area contributed by atoms with Crippen molar-refractivity contribution in [2.24, 2.45) is 0 Å². The molecule has 0 atom stereocenters. The molecule has 0 amide bonds. The fourth-order valence-corrected chi connectivity index (χ4v) is 2.27. The third kappa shape index (κ3) is 3.58. The van der Waals surface area contributed by atoms with E-state index in [0.29, 0.717) is 6.54 Å². The molecule has 0 aliphatic carbocycles. The molecule has 0 aliphatic heterocycles. The maximum absolute atomic E-state index is 14.0. The largest absolute Gasteiger partial charge is 0.370 e. The Bertz CT molecular complexity index is 540. The van der Waals surface area contributed by atoms with E-state index in [2.05, 4.69) is 22.3 Å². The molecule has 1 N–H and O–H groups in total. The van der Waals surface area contributed by atoms with Crippen molar-refractivity contribution in [3.05, 3.63) is 65.5 Å². The zero-order valence-electron chi connectivity index (χ0n) is 12.1. The highest BCUT2D eigenvalue weighted by Crippen LogP contribution is 2.23. The van der Waals surface area contributed by atoms with E-state index < -0.39 is 0 Å². The number of halogens is 1. The number of hydrogen-bond donors (Lipinski definition) is 1. The van der Waals surface area contributed by atoms with Gasteiger partial charge in [-0.25, -0.2) is 4.39 Å². The molecule has 0 fully saturated rings. The van der Waals surface area contributed by atoms with Crippen LogP contribution in [-0.2, 0) is 13.1 Å². The van der Waals surface area contributed by atoms with Crippen molar-refractivity contribution in [2.45, 2.75) is 20.0 Å². The average molecular weight is 272 g/mol. The van der Waals surface area contributed by atoms with Crippen LogP contribution < -0.4 is 10.2 Å². The zero-order chi connectivity index (χ0) is 14.4. The first-order valence-electron chi connectivity index (χ1n) is 6.95. The molecular formula is C17H21FN2.